The van der Waals surface area contributed by atoms with Gasteiger partial charge in [-0.2, -0.15) is 0 Å². The van der Waals surface area contributed by atoms with Crippen molar-refractivity contribution in [2.75, 3.05) is 63.7 Å². The quantitative estimate of drug-likeness (QED) is 0.515. The summed E-state index contributed by atoms with van der Waals surface area (Å²) in [5.41, 5.74) is 3.32. The zero-order valence-corrected chi connectivity index (χ0v) is 17.8. The van der Waals surface area contributed by atoms with Crippen LogP contribution in [0.25, 0.3) is 0 Å². The number of nitro benzene ring substituents is 1. The van der Waals surface area contributed by atoms with Crippen molar-refractivity contribution in [3.05, 3.63) is 64.2 Å². The van der Waals surface area contributed by atoms with Crippen molar-refractivity contribution in [1.29, 1.82) is 0 Å². The first kappa shape index (κ1) is 21.6. The Bertz CT molecular complexity index is 859. The van der Waals surface area contributed by atoms with Gasteiger partial charge in [-0.15, -0.1) is 0 Å². The number of likely N-dealkylation sites (N-methyl/N-ethyl adjacent to an activating group) is 1. The molecular formula is C22H29N5O3. The van der Waals surface area contributed by atoms with E-state index in [9.17, 15) is 14.9 Å². The highest BCUT2D eigenvalue weighted by molar-refractivity contribution is 5.78. The number of hydrogen-bond acceptors (Lipinski definition) is 6. The van der Waals surface area contributed by atoms with Gasteiger partial charge in [-0.3, -0.25) is 19.8 Å². The lowest BCUT2D eigenvalue weighted by Crippen LogP contribution is -2.49. The lowest BCUT2D eigenvalue weighted by atomic mass is 10.2. The summed E-state index contributed by atoms with van der Waals surface area (Å²) in [7, 11) is 5.85. The molecule has 8 nitrogen and oxygen atoms in total. The van der Waals surface area contributed by atoms with Crippen molar-refractivity contribution >= 4 is 23.0 Å². The Balaban J connectivity index is 1.46. The van der Waals surface area contributed by atoms with E-state index in [1.807, 2.05) is 21.1 Å². The van der Waals surface area contributed by atoms with Gasteiger partial charge in [-0.25, -0.2) is 0 Å². The number of carbonyl (C=O) groups is 1. The maximum atomic E-state index is 12.6. The molecule has 0 spiro atoms. The van der Waals surface area contributed by atoms with Gasteiger partial charge in [-0.1, -0.05) is 12.1 Å². The minimum Gasteiger partial charge on any atom is -0.378 e. The molecule has 0 unspecified atom stereocenters. The largest absolute Gasteiger partial charge is 0.378 e. The van der Waals surface area contributed by atoms with Gasteiger partial charge in [0.15, 0.2) is 0 Å². The summed E-state index contributed by atoms with van der Waals surface area (Å²) >= 11 is 0. The molecule has 0 bridgehead atoms. The van der Waals surface area contributed by atoms with Crippen LogP contribution in [0.1, 0.15) is 5.56 Å². The normalized spacial score (nSPS) is 14.4. The number of piperazine rings is 1. The monoisotopic (exact) mass is 411 g/mol. The molecule has 160 valence electrons. The SMILES string of the molecule is CN(Cc1ccc(N(C)C)cc1)C(=O)CN1CCN(c2ccc([N+](=O)[O-])cc2)CC1. The van der Waals surface area contributed by atoms with E-state index in [0.717, 1.165) is 43.1 Å². The zero-order chi connectivity index (χ0) is 21.7. The van der Waals surface area contributed by atoms with Crippen molar-refractivity contribution in [2.45, 2.75) is 6.54 Å². The van der Waals surface area contributed by atoms with Gasteiger partial charge < -0.3 is 14.7 Å². The molecule has 1 aliphatic rings. The fraction of sp³-hybridized carbons (Fsp3) is 0.409. The van der Waals surface area contributed by atoms with Crippen LogP contribution in [-0.4, -0.2) is 74.5 Å². The highest BCUT2D eigenvalue weighted by Crippen LogP contribution is 2.20. The van der Waals surface area contributed by atoms with E-state index in [1.165, 1.54) is 12.1 Å². The number of nitro groups is 1. The van der Waals surface area contributed by atoms with Crippen molar-refractivity contribution in [3.8, 4) is 0 Å². The second-order valence-electron chi connectivity index (χ2n) is 7.85. The van der Waals surface area contributed by atoms with E-state index in [0.29, 0.717) is 13.1 Å². The zero-order valence-electron chi connectivity index (χ0n) is 17.8. The van der Waals surface area contributed by atoms with Crippen molar-refractivity contribution < 1.29 is 9.72 Å². The minimum atomic E-state index is -0.388. The molecule has 2 aromatic rings. The second-order valence-corrected chi connectivity index (χ2v) is 7.85. The molecule has 0 atom stereocenters. The molecule has 1 amide bonds. The first-order valence-electron chi connectivity index (χ1n) is 10.1. The maximum Gasteiger partial charge on any atom is 0.269 e. The molecule has 0 N–H and O–H groups in total. The lowest BCUT2D eigenvalue weighted by molar-refractivity contribution is -0.384. The third-order valence-electron chi connectivity index (χ3n) is 5.46. The number of hydrogen-bond donors (Lipinski definition) is 0. The number of carbonyl (C=O) groups excluding carboxylic acids is 1. The van der Waals surface area contributed by atoms with Crippen LogP contribution >= 0.6 is 0 Å². The highest BCUT2D eigenvalue weighted by Gasteiger charge is 2.21. The Kier molecular flexibility index (Phi) is 6.89. The minimum absolute atomic E-state index is 0.0994. The molecule has 0 radical (unpaired) electrons. The fourth-order valence-corrected chi connectivity index (χ4v) is 3.52. The van der Waals surface area contributed by atoms with Crippen LogP contribution in [0.15, 0.2) is 48.5 Å². The summed E-state index contributed by atoms with van der Waals surface area (Å²) in [6.45, 7) is 4.15. The van der Waals surface area contributed by atoms with Gasteiger partial charge in [0.25, 0.3) is 5.69 Å². The van der Waals surface area contributed by atoms with Gasteiger partial charge in [0, 0.05) is 77.4 Å². The van der Waals surface area contributed by atoms with Gasteiger partial charge in [-0.05, 0) is 29.8 Å². The van der Waals surface area contributed by atoms with Crippen LogP contribution in [0.3, 0.4) is 0 Å². The molecule has 1 saturated heterocycles. The molecule has 1 aliphatic heterocycles. The molecule has 30 heavy (non-hydrogen) atoms. The molecule has 1 fully saturated rings. The molecule has 1 heterocycles. The third kappa shape index (κ3) is 5.48. The van der Waals surface area contributed by atoms with Gasteiger partial charge in [0.05, 0.1) is 11.5 Å². The Morgan fingerprint density at radius 1 is 0.967 bits per heavy atom. The molecule has 3 rings (SSSR count). The number of amides is 1. The lowest BCUT2D eigenvalue weighted by Gasteiger charge is -2.36. The average molecular weight is 412 g/mol. The smallest absolute Gasteiger partial charge is 0.269 e. The Labute approximate surface area is 177 Å². The molecule has 0 saturated carbocycles. The molecule has 8 heteroatoms. The average Bonchev–Trinajstić information content (AvgIpc) is 2.74. The van der Waals surface area contributed by atoms with E-state index in [1.54, 1.807) is 17.0 Å². The number of anilines is 2. The van der Waals surface area contributed by atoms with Crippen molar-refractivity contribution in [2.24, 2.45) is 0 Å². The number of non-ortho nitro benzene ring substituents is 1. The summed E-state index contributed by atoms with van der Waals surface area (Å²) in [5.74, 6) is 0.107. The Morgan fingerprint density at radius 3 is 2.10 bits per heavy atom. The molecule has 2 aromatic carbocycles. The van der Waals surface area contributed by atoms with Crippen LogP contribution in [-0.2, 0) is 11.3 Å². The first-order valence-corrected chi connectivity index (χ1v) is 10.1. The molecule has 0 aromatic heterocycles. The highest BCUT2D eigenvalue weighted by atomic mass is 16.6. The fourth-order valence-electron chi connectivity index (χ4n) is 3.52. The molecule has 0 aliphatic carbocycles. The summed E-state index contributed by atoms with van der Waals surface area (Å²) in [4.78, 5) is 31.2. The standard InChI is InChI=1S/C22H29N5O3/c1-23(2)19-6-4-18(5-7-19)16-24(3)22(28)17-25-12-14-26(15-13-25)20-8-10-21(11-9-20)27(29)30/h4-11H,12-17H2,1-3H3. The molecular weight excluding hydrogens is 382 g/mol. The number of rotatable bonds is 7. The predicted molar refractivity (Wildman–Crippen MR) is 119 cm³/mol. The van der Waals surface area contributed by atoms with E-state index < -0.39 is 0 Å². The Hall–Kier alpha value is -3.13. The van der Waals surface area contributed by atoms with Crippen LogP contribution in [0, 0.1) is 10.1 Å². The summed E-state index contributed by atoms with van der Waals surface area (Å²) in [6, 6.07) is 14.9. The predicted octanol–water partition coefficient (Wildman–Crippen LogP) is 2.44. The van der Waals surface area contributed by atoms with Gasteiger partial charge >= 0.3 is 0 Å². The van der Waals surface area contributed by atoms with E-state index in [4.69, 9.17) is 0 Å². The van der Waals surface area contributed by atoms with Crippen LogP contribution in [0.4, 0.5) is 17.1 Å². The number of nitrogens with zero attached hydrogens (tertiary/aromatic N) is 5. The summed E-state index contributed by atoms with van der Waals surface area (Å²) in [6.07, 6.45) is 0. The van der Waals surface area contributed by atoms with Crippen LogP contribution in [0.2, 0.25) is 0 Å². The topological polar surface area (TPSA) is 73.2 Å². The van der Waals surface area contributed by atoms with Gasteiger partial charge in [0.2, 0.25) is 5.91 Å². The second kappa shape index (κ2) is 9.58. The first-order chi connectivity index (χ1) is 14.3. The summed E-state index contributed by atoms with van der Waals surface area (Å²) in [5, 5.41) is 10.8. The Morgan fingerprint density at radius 2 is 1.57 bits per heavy atom. The van der Waals surface area contributed by atoms with E-state index in [2.05, 4.69) is 39.0 Å². The van der Waals surface area contributed by atoms with Gasteiger partial charge in [0.1, 0.15) is 0 Å². The van der Waals surface area contributed by atoms with E-state index >= 15 is 0 Å². The van der Waals surface area contributed by atoms with E-state index in [-0.39, 0.29) is 16.5 Å². The summed E-state index contributed by atoms with van der Waals surface area (Å²) < 4.78 is 0. The van der Waals surface area contributed by atoms with Crippen molar-refractivity contribution in [1.82, 2.24) is 9.80 Å². The third-order valence-corrected chi connectivity index (χ3v) is 5.46. The number of benzene rings is 2. The van der Waals surface area contributed by atoms with Crippen LogP contribution in [0.5, 0.6) is 0 Å². The van der Waals surface area contributed by atoms with Crippen molar-refractivity contribution in [3.63, 3.8) is 0 Å². The van der Waals surface area contributed by atoms with Crippen LogP contribution < -0.4 is 9.80 Å². The maximum absolute atomic E-state index is 12.6.